The third-order valence-corrected chi connectivity index (χ3v) is 7.06. The summed E-state index contributed by atoms with van der Waals surface area (Å²) in [5, 5.41) is 21.2. The van der Waals surface area contributed by atoms with E-state index in [2.05, 4.69) is 0 Å². The minimum absolute atomic E-state index is 0.242. The highest BCUT2D eigenvalue weighted by molar-refractivity contribution is 5.16. The standard InChI is InChI=1S/C24H36O10/c1-27-19-14(16(11-25)33-24(30-4)22(19)29-3)10-15-18(26)21(28-2)20-17(32-15)12-31-23(34-20)13-8-6-5-7-9-13/h5-9,14-26H,10-12H2,1-4H3/t14-,15-,16-,17-,18+,19+,20-,21-,22-,23?,24+/m1/s1. The van der Waals surface area contributed by atoms with Crippen LogP contribution >= 0.6 is 0 Å². The zero-order valence-electron chi connectivity index (χ0n) is 20.0. The Labute approximate surface area is 199 Å². The van der Waals surface area contributed by atoms with Gasteiger partial charge < -0.3 is 48.1 Å². The third kappa shape index (κ3) is 5.03. The van der Waals surface area contributed by atoms with Crippen molar-refractivity contribution in [3.05, 3.63) is 35.9 Å². The number of aliphatic hydroxyl groups excluding tert-OH is 2. The van der Waals surface area contributed by atoms with Gasteiger partial charge in [-0.15, -0.1) is 0 Å². The second-order valence-corrected chi connectivity index (χ2v) is 8.84. The number of aliphatic hydroxyl groups is 2. The molecule has 0 spiro atoms. The van der Waals surface area contributed by atoms with Crippen LogP contribution < -0.4 is 0 Å². The van der Waals surface area contributed by atoms with Crippen LogP contribution in [-0.2, 0) is 37.9 Å². The molecule has 192 valence electrons. The first-order chi connectivity index (χ1) is 16.6. The maximum Gasteiger partial charge on any atom is 0.186 e. The smallest absolute Gasteiger partial charge is 0.186 e. The SMILES string of the molecule is CO[C@H]1O[C@H](CO)[C@@H](C[C@H]2O[C@@H]3COC(c4ccccc4)O[C@H]3[C@H](OC)[C@H]2O)[C@H](OC)[C@H]1OC. The summed E-state index contributed by atoms with van der Waals surface area (Å²) in [5.41, 5.74) is 0.888. The van der Waals surface area contributed by atoms with E-state index < -0.39 is 61.4 Å². The van der Waals surface area contributed by atoms with E-state index in [0.29, 0.717) is 6.42 Å². The molecule has 1 aromatic carbocycles. The lowest BCUT2D eigenvalue weighted by molar-refractivity contribution is -0.337. The molecule has 3 aliphatic heterocycles. The Morgan fingerprint density at radius 1 is 0.853 bits per heavy atom. The third-order valence-electron chi connectivity index (χ3n) is 7.06. The lowest BCUT2D eigenvalue weighted by atomic mass is 9.81. The minimum atomic E-state index is -0.973. The number of rotatable bonds is 8. The zero-order valence-corrected chi connectivity index (χ0v) is 20.0. The zero-order chi connectivity index (χ0) is 24.2. The molecule has 0 radical (unpaired) electrons. The van der Waals surface area contributed by atoms with Crippen molar-refractivity contribution in [1.82, 2.24) is 0 Å². The Kier molecular flexibility index (Phi) is 8.91. The van der Waals surface area contributed by atoms with E-state index in [1.54, 1.807) is 21.3 Å². The average Bonchev–Trinajstić information content (AvgIpc) is 2.88. The average molecular weight is 485 g/mol. The maximum atomic E-state index is 11.2. The summed E-state index contributed by atoms with van der Waals surface area (Å²) in [4.78, 5) is 0. The Morgan fingerprint density at radius 2 is 1.56 bits per heavy atom. The molecule has 0 aliphatic carbocycles. The molecular formula is C24H36O10. The first-order valence-corrected chi connectivity index (χ1v) is 11.6. The quantitative estimate of drug-likeness (QED) is 0.545. The van der Waals surface area contributed by atoms with Crippen molar-refractivity contribution in [3.63, 3.8) is 0 Å². The van der Waals surface area contributed by atoms with Crippen molar-refractivity contribution in [3.8, 4) is 0 Å². The van der Waals surface area contributed by atoms with Gasteiger partial charge in [0.05, 0.1) is 31.5 Å². The molecule has 3 fully saturated rings. The summed E-state index contributed by atoms with van der Waals surface area (Å²) in [5.74, 6) is -0.331. The van der Waals surface area contributed by atoms with Gasteiger partial charge in [0.15, 0.2) is 12.6 Å². The largest absolute Gasteiger partial charge is 0.394 e. The van der Waals surface area contributed by atoms with Crippen molar-refractivity contribution >= 4 is 0 Å². The monoisotopic (exact) mass is 484 g/mol. The summed E-state index contributed by atoms with van der Waals surface area (Å²) in [6.45, 7) is 0.0480. The first kappa shape index (κ1) is 25.9. The van der Waals surface area contributed by atoms with Crippen LogP contribution in [0.1, 0.15) is 18.3 Å². The number of hydrogen-bond donors (Lipinski definition) is 2. The van der Waals surface area contributed by atoms with Gasteiger partial charge in [-0.2, -0.15) is 0 Å². The summed E-state index contributed by atoms with van der Waals surface area (Å²) < 4.78 is 46.8. The first-order valence-electron chi connectivity index (χ1n) is 11.6. The van der Waals surface area contributed by atoms with Gasteiger partial charge in [-0.05, 0) is 6.42 Å². The molecule has 3 aliphatic rings. The van der Waals surface area contributed by atoms with Crippen LogP contribution in [0, 0.1) is 5.92 Å². The van der Waals surface area contributed by atoms with Crippen LogP contribution in [0.15, 0.2) is 30.3 Å². The minimum Gasteiger partial charge on any atom is -0.394 e. The molecule has 3 heterocycles. The maximum absolute atomic E-state index is 11.2. The van der Waals surface area contributed by atoms with E-state index in [4.69, 9.17) is 37.9 Å². The van der Waals surface area contributed by atoms with Gasteiger partial charge >= 0.3 is 0 Å². The molecule has 1 aromatic rings. The van der Waals surface area contributed by atoms with E-state index >= 15 is 0 Å². The van der Waals surface area contributed by atoms with Gasteiger partial charge in [-0.25, -0.2) is 0 Å². The number of benzene rings is 1. The Balaban J connectivity index is 1.50. The van der Waals surface area contributed by atoms with Crippen molar-refractivity contribution in [1.29, 1.82) is 0 Å². The molecule has 2 N–H and O–H groups in total. The highest BCUT2D eigenvalue weighted by atomic mass is 16.7. The van der Waals surface area contributed by atoms with Crippen molar-refractivity contribution in [2.75, 3.05) is 41.7 Å². The summed E-state index contributed by atoms with van der Waals surface area (Å²) in [6.07, 6.45) is -5.61. The second kappa shape index (κ2) is 11.7. The molecule has 0 aromatic heterocycles. The topological polar surface area (TPSA) is 114 Å². The molecule has 1 unspecified atom stereocenters. The molecule has 10 nitrogen and oxygen atoms in total. The van der Waals surface area contributed by atoms with Gasteiger partial charge in [-0.1, -0.05) is 30.3 Å². The molecule has 0 amide bonds. The lowest BCUT2D eigenvalue weighted by Gasteiger charge is -2.50. The predicted octanol–water partition coefficient (Wildman–Crippen LogP) is 0.644. The van der Waals surface area contributed by atoms with E-state index in [0.717, 1.165) is 5.56 Å². The molecule has 10 heteroatoms. The summed E-state index contributed by atoms with van der Waals surface area (Å²) >= 11 is 0. The van der Waals surface area contributed by atoms with Gasteiger partial charge in [0.1, 0.15) is 30.5 Å². The lowest BCUT2D eigenvalue weighted by Crippen LogP contribution is -2.64. The number of hydrogen-bond acceptors (Lipinski definition) is 10. The molecule has 4 rings (SSSR count). The highest BCUT2D eigenvalue weighted by Gasteiger charge is 2.53. The highest BCUT2D eigenvalue weighted by Crippen LogP contribution is 2.39. The van der Waals surface area contributed by atoms with Gasteiger partial charge in [0, 0.05) is 39.9 Å². The van der Waals surface area contributed by atoms with E-state index in [9.17, 15) is 10.2 Å². The van der Waals surface area contributed by atoms with Gasteiger partial charge in [0.25, 0.3) is 0 Å². The number of ether oxygens (including phenoxy) is 8. The molecule has 0 bridgehead atoms. The Bertz CT molecular complexity index is 751. The van der Waals surface area contributed by atoms with E-state index in [1.165, 1.54) is 7.11 Å². The molecule has 34 heavy (non-hydrogen) atoms. The van der Waals surface area contributed by atoms with Crippen molar-refractivity contribution in [2.45, 2.75) is 67.8 Å². The van der Waals surface area contributed by atoms with Crippen LogP contribution in [0.5, 0.6) is 0 Å². The van der Waals surface area contributed by atoms with Crippen LogP contribution in [-0.4, -0.2) is 107 Å². The molecule has 11 atom stereocenters. The van der Waals surface area contributed by atoms with Gasteiger partial charge in [0.2, 0.25) is 0 Å². The van der Waals surface area contributed by atoms with Crippen LogP contribution in [0.4, 0.5) is 0 Å². The molecular weight excluding hydrogens is 448 g/mol. The Hall–Kier alpha value is -1.18. The normalized spacial score (nSPS) is 42.8. The predicted molar refractivity (Wildman–Crippen MR) is 118 cm³/mol. The fourth-order valence-corrected chi connectivity index (χ4v) is 5.35. The van der Waals surface area contributed by atoms with Crippen molar-refractivity contribution in [2.24, 2.45) is 5.92 Å². The number of methoxy groups -OCH3 is 4. The van der Waals surface area contributed by atoms with Crippen LogP contribution in [0.3, 0.4) is 0 Å². The van der Waals surface area contributed by atoms with Crippen molar-refractivity contribution < 1.29 is 48.1 Å². The summed E-state index contributed by atoms with van der Waals surface area (Å²) in [7, 11) is 6.20. The van der Waals surface area contributed by atoms with Crippen LogP contribution in [0.2, 0.25) is 0 Å². The Morgan fingerprint density at radius 3 is 2.18 bits per heavy atom. The van der Waals surface area contributed by atoms with Crippen LogP contribution in [0.25, 0.3) is 0 Å². The molecule has 3 saturated heterocycles. The fourth-order valence-electron chi connectivity index (χ4n) is 5.35. The fraction of sp³-hybridized carbons (Fsp3) is 0.750. The van der Waals surface area contributed by atoms with E-state index in [1.807, 2.05) is 30.3 Å². The van der Waals surface area contributed by atoms with Gasteiger partial charge in [-0.3, -0.25) is 0 Å². The molecule has 0 saturated carbocycles. The second-order valence-electron chi connectivity index (χ2n) is 8.84. The summed E-state index contributed by atoms with van der Waals surface area (Å²) in [6, 6.07) is 9.62. The van der Waals surface area contributed by atoms with E-state index in [-0.39, 0.29) is 19.1 Å². The number of fused-ring (bicyclic) bond motifs is 1.